The molecule has 2 aromatic rings. The molecule has 0 radical (unpaired) electrons. The summed E-state index contributed by atoms with van der Waals surface area (Å²) in [6.45, 7) is 0.698. The van der Waals surface area contributed by atoms with Gasteiger partial charge in [-0.1, -0.05) is 12.1 Å². The smallest absolute Gasteiger partial charge is 0.302 e. The van der Waals surface area contributed by atoms with Crippen LogP contribution in [0.2, 0.25) is 0 Å². The van der Waals surface area contributed by atoms with Gasteiger partial charge in [0, 0.05) is 25.5 Å². The quantitative estimate of drug-likeness (QED) is 0.228. The van der Waals surface area contributed by atoms with Gasteiger partial charge < -0.3 is 44.8 Å². The minimum Gasteiger partial charge on any atom is -0.508 e. The van der Waals surface area contributed by atoms with Gasteiger partial charge in [0.1, 0.15) is 59.6 Å². The molecule has 1 aliphatic heterocycles. The van der Waals surface area contributed by atoms with Crippen molar-refractivity contribution in [1.29, 1.82) is 0 Å². The number of esters is 1. The number of hydrogen-bond donors (Lipinski definition) is 6. The van der Waals surface area contributed by atoms with Gasteiger partial charge >= 0.3 is 5.97 Å². The number of ether oxygens (including phenoxy) is 3. The molecule has 3 rings (SSSR count). The minimum absolute atomic E-state index is 0.0655. The van der Waals surface area contributed by atoms with Crippen LogP contribution < -0.4 is 4.74 Å². The zero-order chi connectivity index (χ0) is 25.0. The fourth-order valence-corrected chi connectivity index (χ4v) is 3.48. The Morgan fingerprint density at radius 2 is 1.62 bits per heavy atom. The Bertz CT molecular complexity index is 1020. The summed E-state index contributed by atoms with van der Waals surface area (Å²) >= 11 is 0. The van der Waals surface area contributed by atoms with Crippen LogP contribution in [-0.2, 0) is 20.7 Å². The van der Waals surface area contributed by atoms with Gasteiger partial charge in [-0.15, -0.1) is 0 Å². The Morgan fingerprint density at radius 3 is 2.26 bits per heavy atom. The Labute approximate surface area is 194 Å². The van der Waals surface area contributed by atoms with E-state index in [0.717, 1.165) is 24.6 Å². The predicted octanol–water partition coefficient (Wildman–Crippen LogP) is 0.368. The summed E-state index contributed by atoms with van der Waals surface area (Å²) in [4.78, 5) is 24.0. The molecule has 0 spiro atoms. The molecule has 0 aromatic heterocycles. The Balaban J connectivity index is 1.80. The summed E-state index contributed by atoms with van der Waals surface area (Å²) < 4.78 is 15.8. The monoisotopic (exact) mass is 478 g/mol. The lowest BCUT2D eigenvalue weighted by Gasteiger charge is -2.40. The first-order chi connectivity index (χ1) is 16.1. The van der Waals surface area contributed by atoms with Crippen molar-refractivity contribution in [2.75, 3.05) is 6.61 Å². The van der Waals surface area contributed by atoms with Crippen LogP contribution in [0.4, 0.5) is 0 Å². The number of Topliss-reactive ketones (excluding diaryl/α,β-unsaturated/α-hetero) is 1. The van der Waals surface area contributed by atoms with E-state index in [4.69, 9.17) is 14.2 Å². The third kappa shape index (κ3) is 5.94. The molecule has 1 aliphatic rings. The molecule has 2 aromatic carbocycles. The number of aliphatic hydroxyl groups excluding tert-OH is 3. The van der Waals surface area contributed by atoms with Crippen molar-refractivity contribution in [3.05, 3.63) is 47.5 Å². The number of carbonyl (C=O) groups is 2. The highest BCUT2D eigenvalue weighted by atomic mass is 16.7. The zero-order valence-corrected chi connectivity index (χ0v) is 18.2. The highest BCUT2D eigenvalue weighted by Gasteiger charge is 2.45. The van der Waals surface area contributed by atoms with Crippen LogP contribution in [0, 0.1) is 0 Å². The number of ketones is 1. The van der Waals surface area contributed by atoms with Gasteiger partial charge in [0.15, 0.2) is 5.78 Å². The number of rotatable bonds is 8. The maximum atomic E-state index is 12.9. The van der Waals surface area contributed by atoms with Crippen molar-refractivity contribution in [2.24, 2.45) is 0 Å². The fourth-order valence-electron chi connectivity index (χ4n) is 3.48. The highest BCUT2D eigenvalue weighted by molar-refractivity contribution is 6.01. The molecule has 1 saturated heterocycles. The molecule has 0 bridgehead atoms. The normalized spacial score (nSPS) is 24.4. The fraction of sp³-hybridized carbons (Fsp3) is 0.391. The van der Waals surface area contributed by atoms with Crippen LogP contribution in [-0.4, -0.2) is 79.7 Å². The number of benzene rings is 2. The maximum Gasteiger partial charge on any atom is 0.302 e. The summed E-state index contributed by atoms with van der Waals surface area (Å²) in [5, 5.41) is 60.2. The maximum absolute atomic E-state index is 12.9. The summed E-state index contributed by atoms with van der Waals surface area (Å²) in [5.41, 5.74) is 0.466. The second-order valence-electron chi connectivity index (χ2n) is 7.86. The largest absolute Gasteiger partial charge is 0.508 e. The van der Waals surface area contributed by atoms with Crippen molar-refractivity contribution in [2.45, 2.75) is 50.5 Å². The van der Waals surface area contributed by atoms with E-state index < -0.39 is 60.6 Å². The molecule has 184 valence electrons. The first-order valence-corrected chi connectivity index (χ1v) is 10.4. The average molecular weight is 478 g/mol. The summed E-state index contributed by atoms with van der Waals surface area (Å²) in [6, 6.07) is 8.20. The first kappa shape index (κ1) is 25.2. The average Bonchev–Trinajstić information content (AvgIpc) is 2.77. The van der Waals surface area contributed by atoms with Crippen molar-refractivity contribution in [3.63, 3.8) is 0 Å². The number of carbonyl (C=O) groups excluding carboxylic acids is 2. The lowest BCUT2D eigenvalue weighted by molar-refractivity contribution is -0.278. The molecular weight excluding hydrogens is 452 g/mol. The molecule has 0 aliphatic carbocycles. The predicted molar refractivity (Wildman–Crippen MR) is 114 cm³/mol. The van der Waals surface area contributed by atoms with E-state index in [-0.39, 0.29) is 29.9 Å². The molecule has 0 saturated carbocycles. The SMILES string of the molecule is CC(=O)OC[C@@H]1O[C@@H](Oc2cc(O)cc(O)c2C(=O)CCc2ccc(O)cc2)[C@H](O)[C@@H](O)[C@@H]1O. The first-order valence-electron chi connectivity index (χ1n) is 10.4. The van der Waals surface area contributed by atoms with Crippen molar-refractivity contribution < 1.29 is 54.4 Å². The molecule has 34 heavy (non-hydrogen) atoms. The van der Waals surface area contributed by atoms with Gasteiger partial charge in [-0.05, 0) is 24.1 Å². The van der Waals surface area contributed by atoms with Crippen LogP contribution >= 0.6 is 0 Å². The van der Waals surface area contributed by atoms with E-state index in [2.05, 4.69) is 0 Å². The van der Waals surface area contributed by atoms with Crippen molar-refractivity contribution in [1.82, 2.24) is 0 Å². The Morgan fingerprint density at radius 1 is 0.941 bits per heavy atom. The summed E-state index contributed by atoms with van der Waals surface area (Å²) in [7, 11) is 0. The van der Waals surface area contributed by atoms with E-state index >= 15 is 0 Å². The van der Waals surface area contributed by atoms with Gasteiger partial charge in [-0.2, -0.15) is 0 Å². The van der Waals surface area contributed by atoms with Crippen LogP contribution in [0.1, 0.15) is 29.3 Å². The number of hydrogen-bond acceptors (Lipinski definition) is 11. The van der Waals surface area contributed by atoms with Gasteiger partial charge in [0.25, 0.3) is 0 Å². The van der Waals surface area contributed by atoms with Crippen LogP contribution in [0.5, 0.6) is 23.0 Å². The third-order valence-corrected chi connectivity index (χ3v) is 5.28. The molecule has 1 fully saturated rings. The Kier molecular flexibility index (Phi) is 7.94. The van der Waals surface area contributed by atoms with Gasteiger partial charge in [-0.3, -0.25) is 9.59 Å². The second kappa shape index (κ2) is 10.7. The number of aliphatic hydroxyl groups is 3. The molecule has 1 heterocycles. The van der Waals surface area contributed by atoms with Gasteiger partial charge in [0.2, 0.25) is 6.29 Å². The molecule has 11 nitrogen and oxygen atoms in total. The van der Waals surface area contributed by atoms with Crippen molar-refractivity contribution >= 4 is 11.8 Å². The molecule has 0 amide bonds. The number of phenolic OH excluding ortho intramolecular Hbond substituents is 3. The van der Waals surface area contributed by atoms with Gasteiger partial charge in [-0.25, -0.2) is 0 Å². The van der Waals surface area contributed by atoms with Crippen LogP contribution in [0.15, 0.2) is 36.4 Å². The number of aryl methyl sites for hydroxylation is 1. The molecule has 5 atom stereocenters. The summed E-state index contributed by atoms with van der Waals surface area (Å²) in [6.07, 6.45) is -7.79. The second-order valence-corrected chi connectivity index (χ2v) is 7.86. The van der Waals surface area contributed by atoms with E-state index in [9.17, 15) is 40.2 Å². The lowest BCUT2D eigenvalue weighted by Crippen LogP contribution is -2.60. The standard InChI is InChI=1S/C23H26O11/c1-11(24)32-10-18-20(29)21(30)22(31)23(34-18)33-17-9-14(26)8-16(28)19(17)15(27)7-4-12-2-5-13(25)6-3-12/h2-3,5-6,8-9,18,20-23,25-26,28-31H,4,7,10H2,1H3/t18-,20+,21-,22+,23+/m0/s1. The van der Waals surface area contributed by atoms with Crippen LogP contribution in [0.3, 0.4) is 0 Å². The minimum atomic E-state index is -1.77. The molecule has 11 heteroatoms. The lowest BCUT2D eigenvalue weighted by atomic mass is 9.98. The molecular formula is C23H26O11. The molecule has 6 N–H and O–H groups in total. The van der Waals surface area contributed by atoms with E-state index in [1.165, 1.54) is 12.1 Å². The third-order valence-electron chi connectivity index (χ3n) is 5.28. The van der Waals surface area contributed by atoms with Gasteiger partial charge in [0.05, 0.1) is 0 Å². The zero-order valence-electron chi connectivity index (χ0n) is 18.2. The number of aromatic hydroxyl groups is 3. The van der Waals surface area contributed by atoms with Crippen molar-refractivity contribution in [3.8, 4) is 23.0 Å². The topological polar surface area (TPSA) is 183 Å². The highest BCUT2D eigenvalue weighted by Crippen LogP contribution is 2.36. The van der Waals surface area contributed by atoms with E-state index in [1.54, 1.807) is 12.1 Å². The Hall–Kier alpha value is -3.38. The molecule has 0 unspecified atom stereocenters. The van der Waals surface area contributed by atoms with E-state index in [1.807, 2.05) is 0 Å². The van der Waals surface area contributed by atoms with Crippen LogP contribution in [0.25, 0.3) is 0 Å². The summed E-state index contributed by atoms with van der Waals surface area (Å²) in [5.74, 6) is -2.48. The number of phenols is 3. The van der Waals surface area contributed by atoms with E-state index in [0.29, 0.717) is 0 Å².